The molecule has 0 atom stereocenters. The maximum Gasteiger partial charge on any atom is 0.262 e. The maximum atomic E-state index is 12.1. The van der Waals surface area contributed by atoms with Crippen LogP contribution in [0.25, 0.3) is 11.1 Å². The van der Waals surface area contributed by atoms with Crippen LogP contribution in [0.4, 0.5) is 0 Å². The lowest BCUT2D eigenvalue weighted by molar-refractivity contribution is 0.408. The van der Waals surface area contributed by atoms with Gasteiger partial charge < -0.3 is 9.47 Å². The van der Waals surface area contributed by atoms with Crippen LogP contribution >= 0.6 is 44.6 Å². The standard InChI is InChI=1S/C14H10Cl4O6S2/c1-23-9-3-7(15)5-11(25(17,19)20)13(9)14-10(24-2)4-8(16)6-12(14)26(18,21)22/h3-6H,1-2H3. The Bertz CT molecular complexity index is 994. The first-order chi connectivity index (χ1) is 11.9. The van der Waals surface area contributed by atoms with Crippen molar-refractivity contribution in [3.8, 4) is 22.6 Å². The van der Waals surface area contributed by atoms with Crippen molar-refractivity contribution in [3.63, 3.8) is 0 Å². The quantitative estimate of drug-likeness (QED) is 0.585. The molecule has 0 radical (unpaired) electrons. The molecule has 0 saturated heterocycles. The maximum absolute atomic E-state index is 12.1. The van der Waals surface area contributed by atoms with Crippen molar-refractivity contribution in [1.29, 1.82) is 0 Å². The number of hydrogen-bond acceptors (Lipinski definition) is 6. The Labute approximate surface area is 169 Å². The summed E-state index contributed by atoms with van der Waals surface area (Å²) in [4.78, 5) is -0.962. The summed E-state index contributed by atoms with van der Waals surface area (Å²) in [5.41, 5.74) is -0.362. The second-order valence-electron chi connectivity index (χ2n) is 4.84. The highest BCUT2D eigenvalue weighted by atomic mass is 35.7. The minimum Gasteiger partial charge on any atom is -0.496 e. The van der Waals surface area contributed by atoms with Crippen LogP contribution in [-0.4, -0.2) is 31.1 Å². The minimum atomic E-state index is -4.35. The Morgan fingerprint density at radius 1 is 0.692 bits per heavy atom. The highest BCUT2D eigenvalue weighted by Gasteiger charge is 2.30. The number of halogens is 4. The smallest absolute Gasteiger partial charge is 0.262 e. The van der Waals surface area contributed by atoms with Gasteiger partial charge in [-0.05, 0) is 24.3 Å². The van der Waals surface area contributed by atoms with Crippen molar-refractivity contribution in [1.82, 2.24) is 0 Å². The first-order valence-corrected chi connectivity index (χ1v) is 11.9. The fourth-order valence-corrected chi connectivity index (χ4v) is 5.02. The van der Waals surface area contributed by atoms with E-state index in [0.717, 1.165) is 12.1 Å². The highest BCUT2D eigenvalue weighted by molar-refractivity contribution is 8.14. The summed E-state index contributed by atoms with van der Waals surface area (Å²) in [6.07, 6.45) is 0. The molecule has 0 aromatic heterocycles. The second kappa shape index (κ2) is 7.61. The molecule has 26 heavy (non-hydrogen) atoms. The molecule has 12 heteroatoms. The Morgan fingerprint density at radius 2 is 1.00 bits per heavy atom. The lowest BCUT2D eigenvalue weighted by atomic mass is 10.0. The predicted molar refractivity (Wildman–Crippen MR) is 101 cm³/mol. The lowest BCUT2D eigenvalue weighted by Crippen LogP contribution is -2.04. The molecule has 0 spiro atoms. The molecule has 0 fully saturated rings. The van der Waals surface area contributed by atoms with Gasteiger partial charge in [-0.3, -0.25) is 0 Å². The van der Waals surface area contributed by atoms with Crippen LogP contribution in [-0.2, 0) is 18.1 Å². The normalized spacial score (nSPS) is 12.1. The van der Waals surface area contributed by atoms with E-state index < -0.39 is 27.9 Å². The minimum absolute atomic E-state index is 0.00744. The molecule has 6 nitrogen and oxygen atoms in total. The van der Waals surface area contributed by atoms with Gasteiger partial charge in [-0.1, -0.05) is 23.2 Å². The molecule has 0 unspecified atom stereocenters. The van der Waals surface area contributed by atoms with E-state index >= 15 is 0 Å². The number of rotatable bonds is 5. The summed E-state index contributed by atoms with van der Waals surface area (Å²) in [6.45, 7) is 0. The van der Waals surface area contributed by atoms with Crippen LogP contribution in [0.5, 0.6) is 11.5 Å². The molecule has 0 saturated carbocycles. The molecular formula is C14H10Cl4O6S2. The van der Waals surface area contributed by atoms with E-state index in [2.05, 4.69) is 0 Å². The molecule has 2 aromatic carbocycles. The Kier molecular flexibility index (Phi) is 6.27. The molecule has 142 valence electrons. The van der Waals surface area contributed by atoms with E-state index in [1.165, 1.54) is 26.4 Å². The van der Waals surface area contributed by atoms with Crippen LogP contribution in [0.15, 0.2) is 34.1 Å². The van der Waals surface area contributed by atoms with Gasteiger partial charge in [-0.2, -0.15) is 0 Å². The summed E-state index contributed by atoms with van der Waals surface area (Å²) in [6, 6.07) is 4.70. The van der Waals surface area contributed by atoms with Gasteiger partial charge in [0.05, 0.1) is 24.0 Å². The summed E-state index contributed by atoms with van der Waals surface area (Å²) < 4.78 is 58.7. The van der Waals surface area contributed by atoms with Crippen molar-refractivity contribution >= 4 is 62.7 Å². The molecule has 0 bridgehead atoms. The topological polar surface area (TPSA) is 86.7 Å². The zero-order chi connectivity index (χ0) is 19.9. The Morgan fingerprint density at radius 3 is 1.23 bits per heavy atom. The molecule has 0 heterocycles. The van der Waals surface area contributed by atoms with E-state index in [0.29, 0.717) is 0 Å². The number of benzene rings is 2. The fourth-order valence-electron chi connectivity index (χ4n) is 2.32. The lowest BCUT2D eigenvalue weighted by Gasteiger charge is -2.18. The molecule has 0 aliphatic rings. The van der Waals surface area contributed by atoms with Gasteiger partial charge in [0.25, 0.3) is 18.1 Å². The summed E-state index contributed by atoms with van der Waals surface area (Å²) in [7, 11) is 4.82. The average Bonchev–Trinajstić information content (AvgIpc) is 2.51. The van der Waals surface area contributed by atoms with Crippen molar-refractivity contribution in [3.05, 3.63) is 34.3 Å². The summed E-state index contributed by atoms with van der Waals surface area (Å²) in [5, 5.41) is 0.0149. The van der Waals surface area contributed by atoms with Crippen LogP contribution < -0.4 is 9.47 Å². The third-order valence-corrected chi connectivity index (χ3v) is 6.41. The van der Waals surface area contributed by atoms with E-state index in [1.807, 2.05) is 0 Å². The van der Waals surface area contributed by atoms with E-state index in [1.54, 1.807) is 0 Å². The number of ether oxygens (including phenoxy) is 2. The van der Waals surface area contributed by atoms with Crippen LogP contribution in [0.2, 0.25) is 10.0 Å². The molecule has 2 rings (SSSR count). The van der Waals surface area contributed by atoms with Gasteiger partial charge in [0.2, 0.25) is 0 Å². The largest absolute Gasteiger partial charge is 0.496 e. The van der Waals surface area contributed by atoms with Crippen LogP contribution in [0, 0.1) is 0 Å². The van der Waals surface area contributed by atoms with Gasteiger partial charge in [0.15, 0.2) is 0 Å². The zero-order valence-electron chi connectivity index (χ0n) is 13.1. The van der Waals surface area contributed by atoms with Crippen molar-refractivity contribution in [2.45, 2.75) is 9.79 Å². The first-order valence-electron chi connectivity index (χ1n) is 6.55. The summed E-state index contributed by atoms with van der Waals surface area (Å²) >= 11 is 11.8. The third-order valence-electron chi connectivity index (χ3n) is 3.28. The van der Waals surface area contributed by atoms with Crippen molar-refractivity contribution in [2.75, 3.05) is 14.2 Å². The van der Waals surface area contributed by atoms with Crippen LogP contribution in [0.3, 0.4) is 0 Å². The van der Waals surface area contributed by atoms with Gasteiger partial charge >= 0.3 is 0 Å². The van der Waals surface area contributed by atoms with Crippen molar-refractivity contribution < 1.29 is 26.3 Å². The molecule has 0 aliphatic heterocycles. The molecule has 0 amide bonds. The Hall–Kier alpha value is -0.900. The van der Waals surface area contributed by atoms with Crippen molar-refractivity contribution in [2.24, 2.45) is 0 Å². The van der Waals surface area contributed by atoms with Gasteiger partial charge in [0, 0.05) is 42.5 Å². The van der Waals surface area contributed by atoms with E-state index in [4.69, 9.17) is 54.0 Å². The average molecular weight is 480 g/mol. The first kappa shape index (κ1) is 21.4. The molecule has 2 aromatic rings. The summed E-state index contributed by atoms with van der Waals surface area (Å²) in [5.74, 6) is -0.113. The third kappa shape index (κ3) is 4.32. The van der Waals surface area contributed by atoms with E-state index in [9.17, 15) is 16.8 Å². The predicted octanol–water partition coefficient (Wildman–Crippen LogP) is 4.53. The molecule has 0 N–H and O–H groups in total. The highest BCUT2D eigenvalue weighted by Crippen LogP contribution is 2.48. The van der Waals surface area contributed by atoms with Gasteiger partial charge in [-0.25, -0.2) is 16.8 Å². The Balaban J connectivity index is 3.16. The number of methoxy groups -OCH3 is 2. The molecular weight excluding hydrogens is 470 g/mol. The SMILES string of the molecule is COc1cc(Cl)cc(S(=O)(=O)Cl)c1-c1c(OC)cc(Cl)cc1S(=O)(=O)Cl. The van der Waals surface area contributed by atoms with Gasteiger partial charge in [0.1, 0.15) is 11.5 Å². The zero-order valence-corrected chi connectivity index (χ0v) is 17.7. The number of hydrogen-bond donors (Lipinski definition) is 0. The molecule has 0 aliphatic carbocycles. The van der Waals surface area contributed by atoms with E-state index in [-0.39, 0.29) is 32.7 Å². The fraction of sp³-hybridized carbons (Fsp3) is 0.143. The second-order valence-corrected chi connectivity index (χ2v) is 10.8. The van der Waals surface area contributed by atoms with Gasteiger partial charge in [-0.15, -0.1) is 0 Å². The van der Waals surface area contributed by atoms with Crippen LogP contribution in [0.1, 0.15) is 0 Å². The monoisotopic (exact) mass is 478 g/mol.